The van der Waals surface area contributed by atoms with Gasteiger partial charge in [0.05, 0.1) is 28.7 Å². The van der Waals surface area contributed by atoms with Gasteiger partial charge in [0.15, 0.2) is 0 Å². The average molecular weight is 377 g/mol. The van der Waals surface area contributed by atoms with Crippen molar-refractivity contribution in [1.82, 2.24) is 9.55 Å². The average Bonchev–Trinajstić information content (AvgIpc) is 3.34. The minimum atomic E-state index is 0.0723. The van der Waals surface area contributed by atoms with E-state index >= 15 is 0 Å². The van der Waals surface area contributed by atoms with Gasteiger partial charge in [-0.2, -0.15) is 0 Å². The van der Waals surface area contributed by atoms with Gasteiger partial charge in [-0.3, -0.25) is 4.79 Å². The van der Waals surface area contributed by atoms with E-state index in [9.17, 15) is 4.79 Å². The van der Waals surface area contributed by atoms with Gasteiger partial charge in [0.25, 0.3) is 0 Å². The van der Waals surface area contributed by atoms with Crippen molar-refractivity contribution in [3.63, 3.8) is 0 Å². The number of nitrogens with zero attached hydrogens (tertiary/aromatic N) is 3. The molecular formula is C23H28N4O. The zero-order valence-corrected chi connectivity index (χ0v) is 16.7. The lowest BCUT2D eigenvalue weighted by atomic mass is 10.1. The van der Waals surface area contributed by atoms with E-state index in [2.05, 4.69) is 51.8 Å². The summed E-state index contributed by atoms with van der Waals surface area (Å²) in [6, 6.07) is 12.4. The Morgan fingerprint density at radius 2 is 1.86 bits per heavy atom. The summed E-state index contributed by atoms with van der Waals surface area (Å²) in [5.74, 6) is 0.0723. The van der Waals surface area contributed by atoms with Gasteiger partial charge >= 0.3 is 0 Å². The van der Waals surface area contributed by atoms with Gasteiger partial charge in [-0.05, 0) is 68.5 Å². The van der Waals surface area contributed by atoms with Crippen molar-refractivity contribution >= 4 is 28.3 Å². The first-order chi connectivity index (χ1) is 13.6. The van der Waals surface area contributed by atoms with Crippen LogP contribution in [0.3, 0.4) is 0 Å². The number of carbonyl (C=O) groups is 1. The summed E-state index contributed by atoms with van der Waals surface area (Å²) in [6.45, 7) is 7.16. The van der Waals surface area contributed by atoms with Crippen molar-refractivity contribution in [2.24, 2.45) is 0 Å². The molecule has 0 radical (unpaired) electrons. The molecule has 1 amide bonds. The standard InChI is InChI=1S/C23H28N4O/c1-17-14-20-22(15-18(17)2)27(16-24-20)13-7-10-23(28)25-19-8-3-4-9-21(19)26-11-5-6-12-26/h3-4,8-9,14-16H,5-7,10-13H2,1-2H3,(H,25,28). The van der Waals surface area contributed by atoms with E-state index in [1.54, 1.807) is 0 Å². The van der Waals surface area contributed by atoms with E-state index < -0.39 is 0 Å². The van der Waals surface area contributed by atoms with Gasteiger partial charge in [-0.25, -0.2) is 4.98 Å². The number of aromatic nitrogens is 2. The molecule has 1 fully saturated rings. The van der Waals surface area contributed by atoms with Gasteiger partial charge in [0, 0.05) is 26.1 Å². The SMILES string of the molecule is Cc1cc2ncn(CCCC(=O)Nc3ccccc3N3CCCC3)c2cc1C. The van der Waals surface area contributed by atoms with E-state index in [-0.39, 0.29) is 5.91 Å². The van der Waals surface area contributed by atoms with Crippen LogP contribution in [0.1, 0.15) is 36.8 Å². The molecule has 4 rings (SSSR count). The number of rotatable bonds is 6. The number of amides is 1. The molecule has 0 spiro atoms. The maximum atomic E-state index is 12.5. The highest BCUT2D eigenvalue weighted by Gasteiger charge is 2.16. The second-order valence-electron chi connectivity index (χ2n) is 7.73. The predicted molar refractivity (Wildman–Crippen MR) is 115 cm³/mol. The molecule has 1 aromatic heterocycles. The van der Waals surface area contributed by atoms with Gasteiger partial charge in [-0.15, -0.1) is 0 Å². The maximum absolute atomic E-state index is 12.5. The highest BCUT2D eigenvalue weighted by Crippen LogP contribution is 2.28. The van der Waals surface area contributed by atoms with Gasteiger partial charge < -0.3 is 14.8 Å². The Balaban J connectivity index is 1.36. The number of carbonyl (C=O) groups excluding carboxylic acids is 1. The number of benzene rings is 2. The number of hydrogen-bond acceptors (Lipinski definition) is 3. The van der Waals surface area contributed by atoms with Crippen molar-refractivity contribution < 1.29 is 4.79 Å². The van der Waals surface area contributed by atoms with Crippen LogP contribution in [-0.2, 0) is 11.3 Å². The highest BCUT2D eigenvalue weighted by molar-refractivity contribution is 5.94. The summed E-state index contributed by atoms with van der Waals surface area (Å²) >= 11 is 0. The van der Waals surface area contributed by atoms with Crippen molar-refractivity contribution in [3.8, 4) is 0 Å². The highest BCUT2D eigenvalue weighted by atomic mass is 16.1. The lowest BCUT2D eigenvalue weighted by molar-refractivity contribution is -0.116. The van der Waals surface area contributed by atoms with E-state index in [0.29, 0.717) is 6.42 Å². The lowest BCUT2D eigenvalue weighted by Gasteiger charge is -2.21. The number of imidazole rings is 1. The van der Waals surface area contributed by atoms with Crippen molar-refractivity contribution in [2.75, 3.05) is 23.3 Å². The molecule has 1 aliphatic rings. The predicted octanol–water partition coefficient (Wildman–Crippen LogP) is 4.67. The third-order valence-electron chi connectivity index (χ3n) is 5.66. The van der Waals surface area contributed by atoms with Crippen LogP contribution >= 0.6 is 0 Å². The molecule has 2 heterocycles. The van der Waals surface area contributed by atoms with Crippen molar-refractivity contribution in [2.45, 2.75) is 46.1 Å². The first-order valence-corrected chi connectivity index (χ1v) is 10.2. The minimum absolute atomic E-state index is 0.0723. The first kappa shape index (κ1) is 18.5. The Kier molecular flexibility index (Phi) is 5.33. The monoisotopic (exact) mass is 376 g/mol. The maximum Gasteiger partial charge on any atom is 0.224 e. The van der Waals surface area contributed by atoms with Crippen LogP contribution in [0.5, 0.6) is 0 Å². The number of aryl methyl sites for hydroxylation is 3. The Bertz CT molecular complexity index is 985. The lowest BCUT2D eigenvalue weighted by Crippen LogP contribution is -2.21. The summed E-state index contributed by atoms with van der Waals surface area (Å²) in [7, 11) is 0. The largest absolute Gasteiger partial charge is 0.370 e. The van der Waals surface area contributed by atoms with E-state index in [1.807, 2.05) is 24.5 Å². The van der Waals surface area contributed by atoms with Crippen LogP contribution < -0.4 is 10.2 Å². The number of nitrogens with one attached hydrogen (secondary N) is 1. The summed E-state index contributed by atoms with van der Waals surface area (Å²) in [4.78, 5) is 19.4. The van der Waals surface area contributed by atoms with Crippen LogP contribution in [0.4, 0.5) is 11.4 Å². The molecule has 0 unspecified atom stereocenters. The van der Waals surface area contributed by atoms with Crippen LogP contribution in [0.15, 0.2) is 42.7 Å². The molecule has 1 N–H and O–H groups in total. The van der Waals surface area contributed by atoms with Gasteiger partial charge in [-0.1, -0.05) is 12.1 Å². The van der Waals surface area contributed by atoms with Crippen LogP contribution in [0.25, 0.3) is 11.0 Å². The van der Waals surface area contributed by atoms with Crippen molar-refractivity contribution in [1.29, 1.82) is 0 Å². The molecule has 146 valence electrons. The van der Waals surface area contributed by atoms with Crippen LogP contribution in [0.2, 0.25) is 0 Å². The third kappa shape index (κ3) is 3.88. The summed E-state index contributed by atoms with van der Waals surface area (Å²) < 4.78 is 2.15. The molecular weight excluding hydrogens is 348 g/mol. The van der Waals surface area contributed by atoms with E-state index in [0.717, 1.165) is 48.5 Å². The summed E-state index contributed by atoms with van der Waals surface area (Å²) in [5.41, 5.74) is 6.75. The quantitative estimate of drug-likeness (QED) is 0.680. The number of anilines is 2. The van der Waals surface area contributed by atoms with Gasteiger partial charge in [0.2, 0.25) is 5.91 Å². The number of hydrogen-bond donors (Lipinski definition) is 1. The molecule has 0 aliphatic carbocycles. The Labute approximate surface area is 166 Å². The molecule has 5 heteroatoms. The Hall–Kier alpha value is -2.82. The molecule has 0 bridgehead atoms. The fourth-order valence-electron chi connectivity index (χ4n) is 3.93. The van der Waals surface area contributed by atoms with Crippen LogP contribution in [0, 0.1) is 13.8 Å². The molecule has 3 aromatic rings. The molecule has 2 aromatic carbocycles. The molecule has 5 nitrogen and oxygen atoms in total. The summed E-state index contributed by atoms with van der Waals surface area (Å²) in [5, 5.41) is 3.12. The second-order valence-corrected chi connectivity index (χ2v) is 7.73. The zero-order chi connectivity index (χ0) is 19.5. The molecule has 1 saturated heterocycles. The molecule has 1 aliphatic heterocycles. The molecule has 0 atom stereocenters. The normalized spacial score (nSPS) is 14.0. The van der Waals surface area contributed by atoms with Crippen LogP contribution in [-0.4, -0.2) is 28.5 Å². The van der Waals surface area contributed by atoms with Gasteiger partial charge in [0.1, 0.15) is 0 Å². The second kappa shape index (κ2) is 8.05. The third-order valence-corrected chi connectivity index (χ3v) is 5.66. The van der Waals surface area contributed by atoms with E-state index in [1.165, 1.54) is 24.0 Å². The zero-order valence-electron chi connectivity index (χ0n) is 16.7. The Morgan fingerprint density at radius 1 is 1.11 bits per heavy atom. The number of para-hydroxylation sites is 2. The fraction of sp³-hybridized carbons (Fsp3) is 0.391. The van der Waals surface area contributed by atoms with E-state index in [4.69, 9.17) is 0 Å². The Morgan fingerprint density at radius 3 is 2.68 bits per heavy atom. The fourth-order valence-corrected chi connectivity index (χ4v) is 3.93. The smallest absolute Gasteiger partial charge is 0.224 e. The molecule has 0 saturated carbocycles. The number of fused-ring (bicyclic) bond motifs is 1. The minimum Gasteiger partial charge on any atom is -0.370 e. The summed E-state index contributed by atoms with van der Waals surface area (Å²) in [6.07, 6.45) is 5.61. The topological polar surface area (TPSA) is 50.2 Å². The van der Waals surface area contributed by atoms with Crippen molar-refractivity contribution in [3.05, 3.63) is 53.9 Å². The molecule has 28 heavy (non-hydrogen) atoms. The first-order valence-electron chi connectivity index (χ1n) is 10.2.